The minimum absolute atomic E-state index is 0.149. The molecule has 1 unspecified atom stereocenters. The van der Waals surface area contributed by atoms with Crippen molar-refractivity contribution < 1.29 is 42.2 Å². The summed E-state index contributed by atoms with van der Waals surface area (Å²) in [6.07, 6.45) is 4.65. The first-order valence-electron chi connectivity index (χ1n) is 8.93. The van der Waals surface area contributed by atoms with Gasteiger partial charge in [0.25, 0.3) is 0 Å². The van der Waals surface area contributed by atoms with Crippen molar-refractivity contribution in [3.05, 3.63) is 53.1 Å². The Labute approximate surface area is 175 Å². The van der Waals surface area contributed by atoms with E-state index in [1.807, 2.05) is 19.1 Å². The smallest absolute Gasteiger partial charge is 0.458 e. The van der Waals surface area contributed by atoms with Crippen molar-refractivity contribution in [2.75, 3.05) is 25.6 Å². The van der Waals surface area contributed by atoms with Crippen LogP contribution in [0.1, 0.15) is 37.0 Å². The number of phosphoric acid groups is 2. The minimum Gasteiger partial charge on any atom is -0.458 e. The summed E-state index contributed by atoms with van der Waals surface area (Å²) < 4.78 is 35.3. The third-order valence-corrected chi connectivity index (χ3v) is 5.91. The highest BCUT2D eigenvalue weighted by atomic mass is 31.3. The molecule has 0 aliphatic rings. The summed E-state index contributed by atoms with van der Waals surface area (Å²) in [6.45, 7) is 3.41. The van der Waals surface area contributed by atoms with E-state index in [0.717, 1.165) is 11.1 Å². The largest absolute Gasteiger partial charge is 0.481 e. The van der Waals surface area contributed by atoms with Gasteiger partial charge in [-0.15, -0.1) is 0 Å². The minimum atomic E-state index is -5.12. The molecule has 4 N–H and O–H groups in total. The molecule has 1 aromatic carbocycles. The number of anilines is 1. The number of hydrogen-bond donors (Lipinski definition) is 4. The normalized spacial score (nSPS) is 14.9. The molecule has 12 heteroatoms. The lowest BCUT2D eigenvalue weighted by Crippen LogP contribution is -2.09. The fraction of sp³-hybridized carbons (Fsp3) is 0.389. The summed E-state index contributed by atoms with van der Waals surface area (Å²) in [4.78, 5) is 38.4. The summed E-state index contributed by atoms with van der Waals surface area (Å²) in [5.41, 5.74) is 2.83. The zero-order valence-electron chi connectivity index (χ0n) is 17.0. The molecule has 1 atom stereocenters. The molecule has 0 fully saturated rings. The summed E-state index contributed by atoms with van der Waals surface area (Å²) in [5.74, 6) is -0.424. The molecule has 0 spiro atoms. The molecule has 10 nitrogen and oxygen atoms in total. The van der Waals surface area contributed by atoms with Crippen LogP contribution >= 0.6 is 15.6 Å². The molecule has 0 radical (unpaired) electrons. The van der Waals surface area contributed by atoms with E-state index < -0.39 is 21.6 Å². The second-order valence-electron chi connectivity index (χ2n) is 6.35. The Hall–Kier alpha value is -1.77. The fourth-order valence-corrected chi connectivity index (χ4v) is 3.80. The quantitative estimate of drug-likeness (QED) is 0.205. The molecular formula is C18H27NO9P2. The fourth-order valence-electron chi connectivity index (χ4n) is 2.28. The Kier molecular flexibility index (Phi) is 10.7. The Morgan fingerprint density at radius 3 is 2.40 bits per heavy atom. The first-order valence-corrected chi connectivity index (χ1v) is 12.0. The maximum atomic E-state index is 12.2. The van der Waals surface area contributed by atoms with Crippen molar-refractivity contribution in [1.82, 2.24) is 0 Å². The predicted molar refractivity (Wildman–Crippen MR) is 112 cm³/mol. The Balaban J connectivity index is 2.42. The average Bonchev–Trinajstić information content (AvgIpc) is 2.63. The van der Waals surface area contributed by atoms with Gasteiger partial charge in [0.05, 0.1) is 12.2 Å². The molecule has 0 bridgehead atoms. The van der Waals surface area contributed by atoms with Crippen LogP contribution in [0.15, 0.2) is 47.6 Å². The first kappa shape index (κ1) is 26.3. The van der Waals surface area contributed by atoms with Crippen molar-refractivity contribution in [3.8, 4) is 0 Å². The van der Waals surface area contributed by atoms with Gasteiger partial charge in [0.1, 0.15) is 6.61 Å². The molecule has 1 aromatic rings. The third-order valence-electron chi connectivity index (χ3n) is 3.76. The Morgan fingerprint density at radius 1 is 1.10 bits per heavy atom. The summed E-state index contributed by atoms with van der Waals surface area (Å²) in [6, 6.07) is 7.04. The number of esters is 1. The van der Waals surface area contributed by atoms with Crippen LogP contribution in [0.2, 0.25) is 0 Å². The number of ether oxygens (including phenoxy) is 1. The molecule has 168 valence electrons. The van der Waals surface area contributed by atoms with Crippen LogP contribution < -0.4 is 5.32 Å². The van der Waals surface area contributed by atoms with Gasteiger partial charge < -0.3 is 24.7 Å². The molecule has 0 aliphatic carbocycles. The highest BCUT2D eigenvalue weighted by Crippen LogP contribution is 2.57. The monoisotopic (exact) mass is 463 g/mol. The molecule has 0 saturated carbocycles. The van der Waals surface area contributed by atoms with E-state index in [-0.39, 0.29) is 13.2 Å². The first-order chi connectivity index (χ1) is 13.9. The SMILES string of the molecule is CNc1ccccc1C(=O)OC/C(C)=C/CC/C(C)=C/COP(=O)(O)OP(=O)(O)O. The van der Waals surface area contributed by atoms with Gasteiger partial charge in [-0.3, -0.25) is 4.52 Å². The topological polar surface area (TPSA) is 152 Å². The highest BCUT2D eigenvalue weighted by molar-refractivity contribution is 7.60. The summed E-state index contributed by atoms with van der Waals surface area (Å²) in [5, 5.41) is 2.94. The van der Waals surface area contributed by atoms with Gasteiger partial charge in [-0.05, 0) is 44.4 Å². The van der Waals surface area contributed by atoms with Crippen LogP contribution in [0, 0.1) is 0 Å². The molecule has 0 heterocycles. The number of para-hydroxylation sites is 1. The number of benzene rings is 1. The highest BCUT2D eigenvalue weighted by Gasteiger charge is 2.31. The van der Waals surface area contributed by atoms with Crippen molar-refractivity contribution in [1.29, 1.82) is 0 Å². The van der Waals surface area contributed by atoms with Crippen LogP contribution in [0.4, 0.5) is 5.69 Å². The van der Waals surface area contributed by atoms with E-state index in [1.165, 1.54) is 6.08 Å². The third kappa shape index (κ3) is 10.8. The van der Waals surface area contributed by atoms with E-state index >= 15 is 0 Å². The average molecular weight is 463 g/mol. The van der Waals surface area contributed by atoms with Gasteiger partial charge in [-0.25, -0.2) is 13.9 Å². The van der Waals surface area contributed by atoms with Gasteiger partial charge in [-0.1, -0.05) is 29.9 Å². The summed E-state index contributed by atoms with van der Waals surface area (Å²) in [7, 11) is -8.23. The van der Waals surface area contributed by atoms with Gasteiger partial charge >= 0.3 is 21.6 Å². The van der Waals surface area contributed by atoms with Crippen LogP contribution in [-0.4, -0.2) is 40.9 Å². The summed E-state index contributed by atoms with van der Waals surface area (Å²) >= 11 is 0. The molecular weight excluding hydrogens is 436 g/mol. The van der Waals surface area contributed by atoms with Crippen molar-refractivity contribution >= 4 is 27.3 Å². The van der Waals surface area contributed by atoms with E-state index in [2.05, 4.69) is 14.2 Å². The molecule has 0 amide bonds. The lowest BCUT2D eigenvalue weighted by Gasteiger charge is -2.11. The molecule has 0 saturated heterocycles. The molecule has 1 rings (SSSR count). The number of nitrogens with one attached hydrogen (secondary N) is 1. The van der Waals surface area contributed by atoms with Crippen molar-refractivity contribution in [3.63, 3.8) is 0 Å². The second kappa shape index (κ2) is 12.2. The second-order valence-corrected chi connectivity index (χ2v) is 9.18. The molecule has 30 heavy (non-hydrogen) atoms. The van der Waals surface area contributed by atoms with Crippen LogP contribution in [0.5, 0.6) is 0 Å². The number of carbonyl (C=O) groups is 1. The zero-order valence-corrected chi connectivity index (χ0v) is 18.8. The molecule has 0 aliphatic heterocycles. The van der Waals surface area contributed by atoms with E-state index in [0.29, 0.717) is 24.1 Å². The van der Waals surface area contributed by atoms with Gasteiger partial charge in [0, 0.05) is 12.7 Å². The van der Waals surface area contributed by atoms with E-state index in [4.69, 9.17) is 19.4 Å². The van der Waals surface area contributed by atoms with Crippen LogP contribution in [0.25, 0.3) is 0 Å². The number of hydrogen-bond acceptors (Lipinski definition) is 7. The maximum Gasteiger partial charge on any atom is 0.481 e. The molecule has 0 aromatic heterocycles. The Bertz CT molecular complexity index is 876. The zero-order chi connectivity index (χ0) is 22.8. The lowest BCUT2D eigenvalue weighted by molar-refractivity contribution is 0.0540. The van der Waals surface area contributed by atoms with Gasteiger partial charge in [0.2, 0.25) is 0 Å². The van der Waals surface area contributed by atoms with Crippen LogP contribution in [0.3, 0.4) is 0 Å². The van der Waals surface area contributed by atoms with E-state index in [9.17, 15) is 13.9 Å². The van der Waals surface area contributed by atoms with E-state index in [1.54, 1.807) is 32.2 Å². The van der Waals surface area contributed by atoms with Crippen molar-refractivity contribution in [2.45, 2.75) is 26.7 Å². The standard InChI is InChI=1S/C18H27NO9P2/c1-14(11-12-27-30(24,25)28-29(21,22)23)7-6-8-15(2)13-26-18(20)16-9-4-5-10-17(16)19-3/h4-5,8-11,19H,6-7,12-13H2,1-3H3,(H,24,25)(H2,21,22,23)/b14-11+,15-8+. The number of rotatable bonds is 12. The Morgan fingerprint density at radius 2 is 1.77 bits per heavy atom. The lowest BCUT2D eigenvalue weighted by atomic mass is 10.1. The number of phosphoric ester groups is 1. The number of carbonyl (C=O) groups excluding carboxylic acids is 1. The maximum absolute atomic E-state index is 12.2. The van der Waals surface area contributed by atoms with Crippen molar-refractivity contribution in [2.24, 2.45) is 0 Å². The predicted octanol–water partition coefficient (Wildman–Crippen LogP) is 3.78. The number of allylic oxidation sites excluding steroid dienone is 2. The van der Waals surface area contributed by atoms with Gasteiger partial charge in [0.15, 0.2) is 0 Å². The van der Waals surface area contributed by atoms with Crippen LogP contribution in [-0.2, 0) is 22.7 Å². The van der Waals surface area contributed by atoms with Gasteiger partial charge in [-0.2, -0.15) is 4.31 Å².